The Morgan fingerprint density at radius 1 is 1.42 bits per heavy atom. The van der Waals surface area contributed by atoms with E-state index in [0.29, 0.717) is 34.9 Å². The first-order chi connectivity index (χ1) is 8.63. The number of pyridine rings is 1. The summed E-state index contributed by atoms with van der Waals surface area (Å²) in [4.78, 5) is 8.19. The Balaban J connectivity index is 0.00000324. The largest absolute Gasteiger partial charge is 0.370 e. The van der Waals surface area contributed by atoms with Crippen molar-refractivity contribution in [2.75, 3.05) is 25.0 Å². The molecule has 1 aromatic rings. The van der Waals surface area contributed by atoms with Gasteiger partial charge in [-0.15, -0.1) is 24.0 Å². The maximum atomic E-state index is 5.96. The predicted octanol–water partition coefficient (Wildman–Crippen LogP) is 2.73. The predicted molar refractivity (Wildman–Crippen MR) is 92.9 cm³/mol. The molecule has 0 unspecified atom stereocenters. The molecule has 0 atom stereocenters. The summed E-state index contributed by atoms with van der Waals surface area (Å²) in [5.41, 5.74) is 5.64. The van der Waals surface area contributed by atoms with Crippen molar-refractivity contribution >= 4 is 59.0 Å². The third-order valence-corrected chi connectivity index (χ3v) is 2.53. The number of anilines is 1. The van der Waals surface area contributed by atoms with Gasteiger partial charge in [0.05, 0.1) is 10.0 Å². The summed E-state index contributed by atoms with van der Waals surface area (Å²) < 4.78 is 0. The lowest BCUT2D eigenvalue weighted by molar-refractivity contribution is 0.863. The van der Waals surface area contributed by atoms with E-state index < -0.39 is 0 Å². The topological polar surface area (TPSA) is 75.3 Å². The van der Waals surface area contributed by atoms with Crippen molar-refractivity contribution in [2.45, 2.75) is 13.3 Å². The highest BCUT2D eigenvalue weighted by molar-refractivity contribution is 14.0. The van der Waals surface area contributed by atoms with E-state index in [9.17, 15) is 0 Å². The lowest BCUT2D eigenvalue weighted by atomic mass is 10.4. The second-order valence-corrected chi connectivity index (χ2v) is 4.45. The summed E-state index contributed by atoms with van der Waals surface area (Å²) in [7, 11) is 0. The average molecular weight is 418 g/mol. The third-order valence-electron chi connectivity index (χ3n) is 2.04. The second kappa shape index (κ2) is 10.3. The van der Waals surface area contributed by atoms with Crippen LogP contribution in [-0.2, 0) is 0 Å². The van der Waals surface area contributed by atoms with Gasteiger partial charge in [0.25, 0.3) is 0 Å². The maximum Gasteiger partial charge on any atom is 0.188 e. The Labute approximate surface area is 140 Å². The summed E-state index contributed by atoms with van der Waals surface area (Å²) in [6.45, 7) is 4.06. The number of aliphatic imine (C=N–C) groups is 1. The van der Waals surface area contributed by atoms with Crippen LogP contribution < -0.4 is 16.4 Å². The zero-order valence-corrected chi connectivity index (χ0v) is 14.5. The quantitative estimate of drug-likeness (QED) is 0.288. The average Bonchev–Trinajstić information content (AvgIpc) is 2.34. The van der Waals surface area contributed by atoms with Gasteiger partial charge < -0.3 is 16.4 Å². The van der Waals surface area contributed by atoms with Crippen molar-refractivity contribution in [3.05, 3.63) is 22.3 Å². The molecule has 0 spiro atoms. The molecule has 0 bridgehead atoms. The van der Waals surface area contributed by atoms with E-state index in [2.05, 4.69) is 20.6 Å². The monoisotopic (exact) mass is 417 g/mol. The number of nitrogens with zero attached hydrogens (tertiary/aromatic N) is 2. The zero-order valence-electron chi connectivity index (χ0n) is 10.6. The molecule has 0 radical (unpaired) electrons. The molecule has 4 N–H and O–H groups in total. The van der Waals surface area contributed by atoms with E-state index in [0.717, 1.165) is 13.0 Å². The summed E-state index contributed by atoms with van der Waals surface area (Å²) in [5.74, 6) is 1.06. The number of hydrogen-bond acceptors (Lipinski definition) is 3. The highest BCUT2D eigenvalue weighted by atomic mass is 127. The minimum Gasteiger partial charge on any atom is -0.370 e. The lowest BCUT2D eigenvalue weighted by Gasteiger charge is -2.09. The molecule has 0 aliphatic carbocycles. The molecule has 1 rings (SSSR count). The minimum atomic E-state index is 0. The highest BCUT2D eigenvalue weighted by Crippen LogP contribution is 2.21. The first-order valence-corrected chi connectivity index (χ1v) is 6.47. The van der Waals surface area contributed by atoms with Gasteiger partial charge in [0.15, 0.2) is 5.96 Å². The van der Waals surface area contributed by atoms with Crippen LogP contribution >= 0.6 is 47.2 Å². The zero-order chi connectivity index (χ0) is 13.4. The van der Waals surface area contributed by atoms with Crippen LogP contribution in [0.5, 0.6) is 0 Å². The number of guanidine groups is 1. The van der Waals surface area contributed by atoms with Crippen LogP contribution in [0.3, 0.4) is 0 Å². The van der Waals surface area contributed by atoms with Gasteiger partial charge >= 0.3 is 0 Å². The first-order valence-electron chi connectivity index (χ1n) is 5.72. The molecule has 19 heavy (non-hydrogen) atoms. The number of nitrogens with two attached hydrogens (primary N) is 1. The summed E-state index contributed by atoms with van der Waals surface area (Å²) in [6, 6.07) is 1.64. The maximum absolute atomic E-state index is 5.96. The van der Waals surface area contributed by atoms with Gasteiger partial charge in [-0.25, -0.2) is 4.98 Å². The SMILES string of the molecule is CCCN=C(N)NCCNc1ncc(Cl)cc1Cl.I. The van der Waals surface area contributed by atoms with Crippen LogP contribution in [0.1, 0.15) is 13.3 Å². The van der Waals surface area contributed by atoms with E-state index in [1.54, 1.807) is 12.3 Å². The molecule has 0 saturated heterocycles. The van der Waals surface area contributed by atoms with Crippen LogP contribution in [0, 0.1) is 0 Å². The van der Waals surface area contributed by atoms with Crippen molar-refractivity contribution in [1.29, 1.82) is 0 Å². The molecule has 0 aromatic carbocycles. The molecule has 5 nitrogen and oxygen atoms in total. The number of nitrogens with one attached hydrogen (secondary N) is 2. The fourth-order valence-electron chi connectivity index (χ4n) is 1.20. The van der Waals surface area contributed by atoms with Crippen molar-refractivity contribution in [3.8, 4) is 0 Å². The lowest BCUT2D eigenvalue weighted by Crippen LogP contribution is -2.35. The van der Waals surface area contributed by atoms with E-state index in [1.807, 2.05) is 6.92 Å². The highest BCUT2D eigenvalue weighted by Gasteiger charge is 2.01. The standard InChI is InChI=1S/C11H17Cl2N5.HI/c1-2-3-16-11(14)17-5-4-15-10-9(13)6-8(12)7-18-10;/h6-7H,2-5H2,1H3,(H,15,18)(H3,14,16,17);1H. The van der Waals surface area contributed by atoms with Gasteiger partial charge in [-0.05, 0) is 12.5 Å². The number of rotatable bonds is 6. The molecule has 8 heteroatoms. The van der Waals surface area contributed by atoms with Gasteiger partial charge in [-0.1, -0.05) is 30.1 Å². The molecule has 108 valence electrons. The van der Waals surface area contributed by atoms with Crippen LogP contribution in [0.2, 0.25) is 10.0 Å². The molecular weight excluding hydrogens is 400 g/mol. The molecule has 1 heterocycles. The fraction of sp³-hybridized carbons (Fsp3) is 0.455. The smallest absolute Gasteiger partial charge is 0.188 e. The van der Waals surface area contributed by atoms with Crippen molar-refractivity contribution in [3.63, 3.8) is 0 Å². The third kappa shape index (κ3) is 7.64. The minimum absolute atomic E-state index is 0. The van der Waals surface area contributed by atoms with Crippen molar-refractivity contribution in [1.82, 2.24) is 10.3 Å². The summed E-state index contributed by atoms with van der Waals surface area (Å²) in [6.07, 6.45) is 2.52. The summed E-state index contributed by atoms with van der Waals surface area (Å²) >= 11 is 11.7. The van der Waals surface area contributed by atoms with Crippen LogP contribution in [-0.4, -0.2) is 30.6 Å². The van der Waals surface area contributed by atoms with Crippen LogP contribution in [0.4, 0.5) is 5.82 Å². The number of hydrogen-bond donors (Lipinski definition) is 3. The number of aromatic nitrogens is 1. The van der Waals surface area contributed by atoms with Crippen molar-refractivity contribution in [2.24, 2.45) is 10.7 Å². The fourth-order valence-corrected chi connectivity index (χ4v) is 1.65. The molecule has 0 aliphatic heterocycles. The van der Waals surface area contributed by atoms with E-state index in [4.69, 9.17) is 28.9 Å². The normalized spacial score (nSPS) is 10.8. The van der Waals surface area contributed by atoms with Gasteiger partial charge in [0.1, 0.15) is 5.82 Å². The first kappa shape index (κ1) is 18.5. The molecule has 1 aromatic heterocycles. The van der Waals surface area contributed by atoms with Crippen LogP contribution in [0.15, 0.2) is 17.3 Å². The Hall–Kier alpha value is -0.470. The molecule has 0 saturated carbocycles. The van der Waals surface area contributed by atoms with E-state index in [-0.39, 0.29) is 24.0 Å². The number of halogens is 3. The van der Waals surface area contributed by atoms with Crippen LogP contribution in [0.25, 0.3) is 0 Å². The molecular formula is C11H18Cl2IN5. The molecule has 0 fully saturated rings. The van der Waals surface area contributed by atoms with Gasteiger partial charge in [-0.2, -0.15) is 0 Å². The van der Waals surface area contributed by atoms with Gasteiger partial charge in [-0.3, -0.25) is 4.99 Å². The Bertz CT molecular complexity index is 414. The molecule has 0 aliphatic rings. The van der Waals surface area contributed by atoms with Crippen molar-refractivity contribution < 1.29 is 0 Å². The molecule has 0 amide bonds. The van der Waals surface area contributed by atoms with E-state index in [1.165, 1.54) is 0 Å². The second-order valence-electron chi connectivity index (χ2n) is 3.60. The Morgan fingerprint density at radius 2 is 2.16 bits per heavy atom. The van der Waals surface area contributed by atoms with E-state index >= 15 is 0 Å². The Morgan fingerprint density at radius 3 is 2.79 bits per heavy atom. The van der Waals surface area contributed by atoms with Gasteiger partial charge in [0, 0.05) is 25.8 Å². The Kier molecular flexibility index (Phi) is 10.1. The van der Waals surface area contributed by atoms with Gasteiger partial charge in [0.2, 0.25) is 0 Å². The summed E-state index contributed by atoms with van der Waals surface area (Å²) in [5, 5.41) is 7.07.